The molecule has 0 fully saturated rings. The Labute approximate surface area is 100 Å². The van der Waals surface area contributed by atoms with E-state index < -0.39 is 5.97 Å². The van der Waals surface area contributed by atoms with E-state index in [0.29, 0.717) is 23.4 Å². The average Bonchev–Trinajstić information content (AvgIpc) is 2.86. The molecule has 0 aromatic carbocycles. The third-order valence-corrected chi connectivity index (χ3v) is 2.75. The molecule has 0 aliphatic rings. The molecule has 0 atom stereocenters. The zero-order chi connectivity index (χ0) is 12.3. The maximum absolute atomic E-state index is 10.4. The first-order valence-corrected chi connectivity index (χ1v) is 5.65. The van der Waals surface area contributed by atoms with E-state index in [2.05, 4.69) is 20.3 Å². The molecule has 9 heteroatoms. The summed E-state index contributed by atoms with van der Waals surface area (Å²) in [5, 5.41) is 20.4. The second-order valence-electron chi connectivity index (χ2n) is 3.15. The Hall–Kier alpha value is -1.90. The van der Waals surface area contributed by atoms with Gasteiger partial charge in [-0.15, -0.1) is 10.2 Å². The summed E-state index contributed by atoms with van der Waals surface area (Å²) in [6.45, 7) is 2.05. The number of aryl methyl sites for hydroxylation is 1. The molecule has 1 N–H and O–H groups in total. The van der Waals surface area contributed by atoms with E-state index >= 15 is 0 Å². The topological polar surface area (TPSA) is 107 Å². The van der Waals surface area contributed by atoms with Gasteiger partial charge in [0.1, 0.15) is 6.33 Å². The molecule has 0 aliphatic heterocycles. The molecule has 2 rings (SSSR count). The van der Waals surface area contributed by atoms with Crippen LogP contribution in [0.2, 0.25) is 0 Å². The molecule has 0 aliphatic carbocycles. The van der Waals surface area contributed by atoms with E-state index in [1.807, 2.05) is 0 Å². The third kappa shape index (κ3) is 3.03. The van der Waals surface area contributed by atoms with Crippen LogP contribution in [0.1, 0.15) is 11.7 Å². The monoisotopic (exact) mass is 255 g/mol. The first kappa shape index (κ1) is 11.6. The van der Waals surface area contributed by atoms with Crippen LogP contribution >= 0.6 is 11.8 Å². The van der Waals surface area contributed by atoms with E-state index in [1.54, 1.807) is 11.5 Å². The van der Waals surface area contributed by atoms with E-state index in [1.165, 1.54) is 6.33 Å². The molecule has 0 spiro atoms. The minimum Gasteiger partial charge on any atom is -0.481 e. The second-order valence-corrected chi connectivity index (χ2v) is 4.10. The third-order valence-electron chi connectivity index (χ3n) is 1.79. The SMILES string of the molecule is Cc1nc(Cn2cnnc2SCC(=O)O)no1. The fourth-order valence-corrected chi connectivity index (χ4v) is 1.78. The average molecular weight is 255 g/mol. The number of aromatic nitrogens is 5. The first-order chi connectivity index (χ1) is 8.15. The lowest BCUT2D eigenvalue weighted by molar-refractivity contribution is -0.133. The molecule has 0 saturated heterocycles. The Balaban J connectivity index is 2.06. The van der Waals surface area contributed by atoms with Gasteiger partial charge in [-0.2, -0.15) is 4.98 Å². The molecule has 0 amide bonds. The van der Waals surface area contributed by atoms with Gasteiger partial charge < -0.3 is 14.2 Å². The largest absolute Gasteiger partial charge is 0.481 e. The van der Waals surface area contributed by atoms with Crippen molar-refractivity contribution < 1.29 is 14.4 Å². The number of rotatable bonds is 5. The van der Waals surface area contributed by atoms with Gasteiger partial charge >= 0.3 is 5.97 Å². The van der Waals surface area contributed by atoms with Crippen molar-refractivity contribution in [2.45, 2.75) is 18.6 Å². The van der Waals surface area contributed by atoms with Gasteiger partial charge in [-0.3, -0.25) is 4.79 Å². The Bertz CT molecular complexity index is 523. The highest BCUT2D eigenvalue weighted by Gasteiger charge is 2.10. The number of carbonyl (C=O) groups is 1. The van der Waals surface area contributed by atoms with Crippen molar-refractivity contribution in [2.75, 3.05) is 5.75 Å². The zero-order valence-electron chi connectivity index (χ0n) is 8.90. The first-order valence-electron chi connectivity index (χ1n) is 4.66. The van der Waals surface area contributed by atoms with E-state index in [0.717, 1.165) is 11.8 Å². The standard InChI is InChI=1S/C8H9N5O3S/c1-5-10-6(12-16-5)2-13-4-9-11-8(13)17-3-7(14)15/h4H,2-3H2,1H3,(H,14,15). The van der Waals surface area contributed by atoms with Gasteiger partial charge in [-0.1, -0.05) is 16.9 Å². The molecule has 2 aromatic heterocycles. The van der Waals surface area contributed by atoms with Crippen molar-refractivity contribution in [1.82, 2.24) is 24.9 Å². The predicted molar refractivity (Wildman–Crippen MR) is 56.5 cm³/mol. The lowest BCUT2D eigenvalue weighted by atomic mass is 10.6. The van der Waals surface area contributed by atoms with Crippen LogP contribution < -0.4 is 0 Å². The molecule has 17 heavy (non-hydrogen) atoms. The summed E-state index contributed by atoms with van der Waals surface area (Å²) in [6, 6.07) is 0. The van der Waals surface area contributed by atoms with Crippen LogP contribution in [0.5, 0.6) is 0 Å². The van der Waals surface area contributed by atoms with Crippen molar-refractivity contribution >= 4 is 17.7 Å². The Morgan fingerprint density at radius 2 is 2.47 bits per heavy atom. The van der Waals surface area contributed by atoms with Crippen LogP contribution in [0.15, 0.2) is 16.0 Å². The van der Waals surface area contributed by atoms with Crippen molar-refractivity contribution in [3.8, 4) is 0 Å². The highest BCUT2D eigenvalue weighted by molar-refractivity contribution is 7.99. The summed E-state index contributed by atoms with van der Waals surface area (Å²) in [5.74, 6) is 0.0106. The molecule has 0 bridgehead atoms. The van der Waals surface area contributed by atoms with Crippen LogP contribution in [0, 0.1) is 6.92 Å². The molecule has 90 valence electrons. The predicted octanol–water partition coefficient (Wildman–Crippen LogP) is 0.195. The van der Waals surface area contributed by atoms with Gasteiger partial charge in [0, 0.05) is 6.92 Å². The number of carboxylic acids is 1. The number of hydrogen-bond donors (Lipinski definition) is 1. The van der Waals surface area contributed by atoms with Crippen LogP contribution in [0.3, 0.4) is 0 Å². The van der Waals surface area contributed by atoms with Gasteiger partial charge in [0.15, 0.2) is 11.0 Å². The highest BCUT2D eigenvalue weighted by Crippen LogP contribution is 2.15. The van der Waals surface area contributed by atoms with E-state index in [-0.39, 0.29) is 5.75 Å². The molecule has 8 nitrogen and oxygen atoms in total. The molecular weight excluding hydrogens is 246 g/mol. The fraction of sp³-hybridized carbons (Fsp3) is 0.375. The maximum Gasteiger partial charge on any atom is 0.313 e. The quantitative estimate of drug-likeness (QED) is 0.755. The summed E-state index contributed by atoms with van der Waals surface area (Å²) in [4.78, 5) is 14.5. The minimum absolute atomic E-state index is 0.0655. The Kier molecular flexibility index (Phi) is 3.38. The van der Waals surface area contributed by atoms with Gasteiger partial charge in [0.05, 0.1) is 12.3 Å². The Morgan fingerprint density at radius 3 is 3.12 bits per heavy atom. The number of hydrogen-bond acceptors (Lipinski definition) is 7. The van der Waals surface area contributed by atoms with Crippen molar-refractivity contribution in [3.63, 3.8) is 0 Å². The molecule has 2 aromatic rings. The molecule has 2 heterocycles. The number of thioether (sulfide) groups is 1. The lowest BCUT2D eigenvalue weighted by Gasteiger charge is -2.00. The van der Waals surface area contributed by atoms with E-state index in [4.69, 9.17) is 9.63 Å². The Morgan fingerprint density at radius 1 is 1.65 bits per heavy atom. The normalized spacial score (nSPS) is 10.6. The minimum atomic E-state index is -0.903. The second kappa shape index (κ2) is 4.95. The number of carboxylic acid groups (broad SMARTS) is 1. The molecule has 0 saturated carbocycles. The highest BCUT2D eigenvalue weighted by atomic mass is 32.2. The van der Waals surface area contributed by atoms with Crippen molar-refractivity contribution in [3.05, 3.63) is 18.0 Å². The lowest BCUT2D eigenvalue weighted by Crippen LogP contribution is -2.04. The van der Waals surface area contributed by atoms with Gasteiger partial charge in [0.2, 0.25) is 5.89 Å². The summed E-state index contributed by atoms with van der Waals surface area (Å²) < 4.78 is 6.50. The van der Waals surface area contributed by atoms with Crippen LogP contribution in [0.25, 0.3) is 0 Å². The van der Waals surface area contributed by atoms with Gasteiger partial charge in [-0.25, -0.2) is 0 Å². The van der Waals surface area contributed by atoms with Crippen molar-refractivity contribution in [1.29, 1.82) is 0 Å². The molecule has 0 unspecified atom stereocenters. The van der Waals surface area contributed by atoms with Gasteiger partial charge in [-0.05, 0) is 0 Å². The van der Waals surface area contributed by atoms with Crippen molar-refractivity contribution in [2.24, 2.45) is 0 Å². The maximum atomic E-state index is 10.4. The molecule has 0 radical (unpaired) electrons. The van der Waals surface area contributed by atoms with Crippen LogP contribution in [-0.2, 0) is 11.3 Å². The number of aliphatic carboxylic acids is 1. The van der Waals surface area contributed by atoms with Crippen LogP contribution in [-0.4, -0.2) is 41.7 Å². The number of nitrogens with zero attached hydrogens (tertiary/aromatic N) is 5. The summed E-state index contributed by atoms with van der Waals surface area (Å²) >= 11 is 1.09. The van der Waals surface area contributed by atoms with Crippen LogP contribution in [0.4, 0.5) is 0 Å². The smallest absolute Gasteiger partial charge is 0.313 e. The summed E-state index contributed by atoms with van der Waals surface area (Å²) in [7, 11) is 0. The summed E-state index contributed by atoms with van der Waals surface area (Å²) in [5.41, 5.74) is 0. The van der Waals surface area contributed by atoms with Gasteiger partial charge in [0.25, 0.3) is 0 Å². The summed E-state index contributed by atoms with van der Waals surface area (Å²) in [6.07, 6.45) is 1.50. The fourth-order valence-electron chi connectivity index (χ4n) is 1.15. The zero-order valence-corrected chi connectivity index (χ0v) is 9.72. The van der Waals surface area contributed by atoms with E-state index in [9.17, 15) is 4.79 Å². The molecular formula is C8H9N5O3S.